The summed E-state index contributed by atoms with van der Waals surface area (Å²) >= 11 is 14.2. The standard InChI is InChI=1S/C19H19Cl2NOS/c1-19(2)7-5-13-16(18(19)23)15(17-14(22-13)6-8-24-17)10-3-4-11(20)12(21)9-10/h3-4,9,15,22H,5-8H2,1-2H3. The second-order valence-corrected chi connectivity index (χ2v) is 9.23. The van der Waals surface area contributed by atoms with E-state index in [1.165, 1.54) is 10.6 Å². The van der Waals surface area contributed by atoms with Gasteiger partial charge in [0.25, 0.3) is 0 Å². The van der Waals surface area contributed by atoms with Crippen LogP contribution in [0.3, 0.4) is 0 Å². The Labute approximate surface area is 156 Å². The van der Waals surface area contributed by atoms with Gasteiger partial charge in [0.15, 0.2) is 5.78 Å². The summed E-state index contributed by atoms with van der Waals surface area (Å²) in [5, 5.41) is 4.66. The zero-order valence-electron chi connectivity index (χ0n) is 13.7. The van der Waals surface area contributed by atoms with Crippen molar-refractivity contribution in [2.24, 2.45) is 5.41 Å². The Bertz CT molecular complexity index is 810. The first-order valence-electron chi connectivity index (χ1n) is 8.24. The van der Waals surface area contributed by atoms with Gasteiger partial charge in [0.05, 0.1) is 10.0 Å². The normalized spacial score (nSPS) is 25.5. The molecule has 0 saturated heterocycles. The highest BCUT2D eigenvalue weighted by Crippen LogP contribution is 2.52. The van der Waals surface area contributed by atoms with Gasteiger partial charge < -0.3 is 5.32 Å². The Kier molecular flexibility index (Phi) is 4.02. The molecule has 2 nitrogen and oxygen atoms in total. The predicted molar refractivity (Wildman–Crippen MR) is 101 cm³/mol. The van der Waals surface area contributed by atoms with Gasteiger partial charge >= 0.3 is 0 Å². The first-order valence-corrected chi connectivity index (χ1v) is 9.98. The number of ketones is 1. The van der Waals surface area contributed by atoms with E-state index in [4.69, 9.17) is 23.2 Å². The molecule has 1 aromatic rings. The minimum atomic E-state index is -0.309. The van der Waals surface area contributed by atoms with Crippen molar-refractivity contribution in [3.8, 4) is 0 Å². The molecule has 2 heterocycles. The lowest BCUT2D eigenvalue weighted by Crippen LogP contribution is -2.38. The number of halogens is 2. The number of carbonyl (C=O) groups excluding carboxylic acids is 1. The Morgan fingerprint density at radius 2 is 1.96 bits per heavy atom. The first kappa shape index (κ1) is 16.6. The van der Waals surface area contributed by atoms with Gasteiger partial charge in [-0.05, 0) is 37.0 Å². The summed E-state index contributed by atoms with van der Waals surface area (Å²) in [6.45, 7) is 4.10. The summed E-state index contributed by atoms with van der Waals surface area (Å²) in [6.07, 6.45) is 2.85. The SMILES string of the molecule is CC1(C)CCC2=C(C1=O)C(c1ccc(Cl)c(Cl)c1)C1=C(CCS1)N2. The Hall–Kier alpha value is -0.900. The molecule has 0 amide bonds. The molecular formula is C19H19Cl2NOS. The van der Waals surface area contributed by atoms with E-state index in [-0.39, 0.29) is 17.1 Å². The molecule has 0 aromatic heterocycles. The zero-order chi connectivity index (χ0) is 17.1. The van der Waals surface area contributed by atoms with E-state index in [2.05, 4.69) is 19.2 Å². The van der Waals surface area contributed by atoms with Crippen LogP contribution in [0.4, 0.5) is 0 Å². The smallest absolute Gasteiger partial charge is 0.167 e. The van der Waals surface area contributed by atoms with Crippen molar-refractivity contribution in [1.82, 2.24) is 5.32 Å². The van der Waals surface area contributed by atoms with Gasteiger partial charge in [0.1, 0.15) is 0 Å². The van der Waals surface area contributed by atoms with Crippen molar-refractivity contribution in [3.05, 3.63) is 55.7 Å². The maximum Gasteiger partial charge on any atom is 0.167 e. The molecule has 2 aliphatic heterocycles. The van der Waals surface area contributed by atoms with Gasteiger partial charge in [-0.2, -0.15) is 0 Å². The number of hydrogen-bond donors (Lipinski definition) is 1. The third-order valence-electron chi connectivity index (χ3n) is 5.22. The maximum absolute atomic E-state index is 13.2. The van der Waals surface area contributed by atoms with Gasteiger partial charge in [-0.3, -0.25) is 4.79 Å². The average Bonchev–Trinajstić information content (AvgIpc) is 3.00. The maximum atomic E-state index is 13.2. The fourth-order valence-corrected chi connectivity index (χ4v) is 5.38. The third-order valence-corrected chi connectivity index (χ3v) is 7.16. The molecule has 24 heavy (non-hydrogen) atoms. The lowest BCUT2D eigenvalue weighted by atomic mass is 9.69. The van der Waals surface area contributed by atoms with Crippen LogP contribution < -0.4 is 5.32 Å². The van der Waals surface area contributed by atoms with Gasteiger partial charge in [0, 0.05) is 39.0 Å². The highest BCUT2D eigenvalue weighted by molar-refractivity contribution is 8.03. The molecule has 0 spiro atoms. The van der Waals surface area contributed by atoms with Gasteiger partial charge in [0.2, 0.25) is 0 Å². The van der Waals surface area contributed by atoms with Crippen molar-refractivity contribution in [3.63, 3.8) is 0 Å². The zero-order valence-corrected chi connectivity index (χ0v) is 16.0. The van der Waals surface area contributed by atoms with Gasteiger partial charge in [-0.25, -0.2) is 0 Å². The Balaban J connectivity index is 1.88. The largest absolute Gasteiger partial charge is 0.361 e. The Morgan fingerprint density at radius 3 is 2.71 bits per heavy atom. The van der Waals surface area contributed by atoms with Crippen LogP contribution in [0.1, 0.15) is 44.6 Å². The van der Waals surface area contributed by atoms with E-state index < -0.39 is 0 Å². The van der Waals surface area contributed by atoms with Crippen LogP contribution in [-0.4, -0.2) is 11.5 Å². The van der Waals surface area contributed by atoms with Crippen LogP contribution in [0.2, 0.25) is 10.0 Å². The number of nitrogens with one attached hydrogen (secondary N) is 1. The van der Waals surface area contributed by atoms with Gasteiger partial charge in [-0.15, -0.1) is 11.8 Å². The second kappa shape index (κ2) is 5.82. The summed E-state index contributed by atoms with van der Waals surface area (Å²) < 4.78 is 0. The summed E-state index contributed by atoms with van der Waals surface area (Å²) in [5.74, 6) is 1.31. The number of benzene rings is 1. The summed E-state index contributed by atoms with van der Waals surface area (Å²) in [4.78, 5) is 14.5. The lowest BCUT2D eigenvalue weighted by Gasteiger charge is -2.39. The molecule has 1 aliphatic carbocycles. The van der Waals surface area contributed by atoms with Crippen LogP contribution in [0.25, 0.3) is 0 Å². The predicted octanol–water partition coefficient (Wildman–Crippen LogP) is 5.67. The molecule has 3 aliphatic rings. The summed E-state index contributed by atoms with van der Waals surface area (Å²) in [6, 6.07) is 5.76. The van der Waals surface area contributed by atoms with E-state index in [1.807, 2.05) is 30.0 Å². The molecule has 5 heteroatoms. The van der Waals surface area contributed by atoms with Crippen LogP contribution in [0.5, 0.6) is 0 Å². The van der Waals surface area contributed by atoms with Crippen LogP contribution in [0, 0.1) is 5.41 Å². The molecule has 0 fully saturated rings. The van der Waals surface area contributed by atoms with E-state index in [1.54, 1.807) is 0 Å². The summed E-state index contributed by atoms with van der Waals surface area (Å²) in [7, 11) is 0. The number of thioether (sulfide) groups is 1. The number of carbonyl (C=O) groups is 1. The van der Waals surface area contributed by atoms with Crippen molar-refractivity contribution in [1.29, 1.82) is 0 Å². The fraction of sp³-hybridized carbons (Fsp3) is 0.421. The molecule has 0 radical (unpaired) electrons. The number of Topliss-reactive ketones (excluding diaryl/α,β-unsaturated/α-hetero) is 1. The topological polar surface area (TPSA) is 29.1 Å². The lowest BCUT2D eigenvalue weighted by molar-refractivity contribution is -0.124. The van der Waals surface area contributed by atoms with Crippen LogP contribution in [0.15, 0.2) is 40.1 Å². The monoisotopic (exact) mass is 379 g/mol. The highest BCUT2D eigenvalue weighted by Gasteiger charge is 2.44. The van der Waals surface area contributed by atoms with Crippen LogP contribution >= 0.6 is 35.0 Å². The average molecular weight is 380 g/mol. The Morgan fingerprint density at radius 1 is 1.17 bits per heavy atom. The van der Waals surface area contributed by atoms with Crippen molar-refractivity contribution in [2.75, 3.05) is 5.75 Å². The number of allylic oxidation sites excluding steroid dienone is 4. The van der Waals surface area contributed by atoms with Crippen molar-refractivity contribution < 1.29 is 4.79 Å². The molecule has 1 atom stereocenters. The molecule has 0 saturated carbocycles. The minimum Gasteiger partial charge on any atom is -0.361 e. The molecule has 0 bridgehead atoms. The van der Waals surface area contributed by atoms with Crippen molar-refractivity contribution in [2.45, 2.75) is 39.0 Å². The molecule has 4 rings (SSSR count). The third kappa shape index (κ3) is 2.53. The number of rotatable bonds is 1. The van der Waals surface area contributed by atoms with E-state index in [0.717, 1.165) is 41.8 Å². The minimum absolute atomic E-state index is 0.00871. The highest BCUT2D eigenvalue weighted by atomic mass is 35.5. The first-order chi connectivity index (χ1) is 11.4. The number of dihydropyridines is 1. The second-order valence-electron chi connectivity index (χ2n) is 7.28. The van der Waals surface area contributed by atoms with E-state index >= 15 is 0 Å². The molecule has 1 aromatic carbocycles. The number of hydrogen-bond acceptors (Lipinski definition) is 3. The summed E-state index contributed by atoms with van der Waals surface area (Å²) in [5.41, 5.74) is 4.07. The quantitative estimate of drug-likeness (QED) is 0.680. The molecule has 126 valence electrons. The van der Waals surface area contributed by atoms with E-state index in [0.29, 0.717) is 10.0 Å². The van der Waals surface area contributed by atoms with Gasteiger partial charge in [-0.1, -0.05) is 43.1 Å². The van der Waals surface area contributed by atoms with E-state index in [9.17, 15) is 4.79 Å². The fourth-order valence-electron chi connectivity index (χ4n) is 3.80. The van der Waals surface area contributed by atoms with Crippen LogP contribution in [-0.2, 0) is 4.79 Å². The molecule has 1 unspecified atom stereocenters. The molecule has 1 N–H and O–H groups in total. The van der Waals surface area contributed by atoms with Crippen molar-refractivity contribution >= 4 is 40.7 Å². The molecular weight excluding hydrogens is 361 g/mol.